The zero-order chi connectivity index (χ0) is 18.3. The Kier molecular flexibility index (Phi) is 4.25. The molecule has 0 spiro atoms. The van der Waals surface area contributed by atoms with Gasteiger partial charge in [0.05, 0.1) is 10.9 Å². The van der Waals surface area contributed by atoms with Crippen LogP contribution < -0.4 is 0 Å². The van der Waals surface area contributed by atoms with Crippen LogP contribution in [0.25, 0.3) is 0 Å². The fourth-order valence-corrected chi connectivity index (χ4v) is 5.58. The molecule has 2 aromatic rings. The number of fused-ring (bicyclic) bond motifs is 1. The molecule has 4 rings (SSSR count). The van der Waals surface area contributed by atoms with Gasteiger partial charge in [-0.05, 0) is 36.8 Å². The lowest BCUT2D eigenvalue weighted by atomic mass is 9.90. The van der Waals surface area contributed by atoms with E-state index in [1.165, 1.54) is 16.4 Å². The summed E-state index contributed by atoms with van der Waals surface area (Å²) in [6, 6.07) is 11.0. The zero-order valence-corrected chi connectivity index (χ0v) is 15.1. The maximum Gasteiger partial charge on any atom is 0.244 e. The quantitative estimate of drug-likeness (QED) is 0.804. The molecule has 0 saturated heterocycles. The number of phenolic OH excluding ortho intramolecular Hbond substituents is 2. The smallest absolute Gasteiger partial charge is 0.244 e. The first-order valence-electron chi connectivity index (χ1n) is 8.78. The molecule has 2 aromatic carbocycles. The highest BCUT2D eigenvalue weighted by atomic mass is 32.2. The molecule has 1 aliphatic carbocycles. The summed E-state index contributed by atoms with van der Waals surface area (Å²) in [6.07, 6.45) is 6.21. The summed E-state index contributed by atoms with van der Waals surface area (Å²) in [7, 11) is -3.88. The molecule has 26 heavy (non-hydrogen) atoms. The Balaban J connectivity index is 1.82. The van der Waals surface area contributed by atoms with Gasteiger partial charge in [0.15, 0.2) is 0 Å². The van der Waals surface area contributed by atoms with Crippen LogP contribution in [0.15, 0.2) is 59.0 Å². The van der Waals surface area contributed by atoms with E-state index in [0.29, 0.717) is 0 Å². The average molecular weight is 371 g/mol. The van der Waals surface area contributed by atoms with Gasteiger partial charge in [0.25, 0.3) is 0 Å². The number of sulfonamides is 1. The lowest BCUT2D eigenvalue weighted by Gasteiger charge is -2.28. The molecule has 136 valence electrons. The number of phenols is 2. The highest BCUT2D eigenvalue weighted by Gasteiger charge is 2.40. The number of benzene rings is 2. The Bertz CT molecular complexity index is 961. The van der Waals surface area contributed by atoms with E-state index in [0.717, 1.165) is 48.4 Å². The number of rotatable bonds is 3. The molecule has 0 amide bonds. The van der Waals surface area contributed by atoms with Crippen molar-refractivity contribution in [1.82, 2.24) is 4.31 Å². The van der Waals surface area contributed by atoms with Crippen molar-refractivity contribution in [1.29, 1.82) is 0 Å². The molecule has 0 fully saturated rings. The van der Waals surface area contributed by atoms with Crippen LogP contribution in [0.5, 0.6) is 11.5 Å². The van der Waals surface area contributed by atoms with Gasteiger partial charge >= 0.3 is 0 Å². The van der Waals surface area contributed by atoms with Crippen molar-refractivity contribution in [3.05, 3.63) is 65.2 Å². The minimum atomic E-state index is -3.88. The van der Waals surface area contributed by atoms with Crippen molar-refractivity contribution in [2.75, 3.05) is 0 Å². The number of allylic oxidation sites excluding steroid dienone is 1. The van der Waals surface area contributed by atoms with Gasteiger partial charge in [0, 0.05) is 24.7 Å². The molecule has 2 N–H and O–H groups in total. The molecule has 0 radical (unpaired) electrons. The van der Waals surface area contributed by atoms with E-state index < -0.39 is 10.0 Å². The molecule has 6 heteroatoms. The van der Waals surface area contributed by atoms with Crippen molar-refractivity contribution >= 4 is 10.0 Å². The van der Waals surface area contributed by atoms with Gasteiger partial charge in [-0.2, -0.15) is 4.31 Å². The minimum absolute atomic E-state index is 0.0933. The first-order valence-corrected chi connectivity index (χ1v) is 10.2. The van der Waals surface area contributed by atoms with Crippen LogP contribution in [-0.2, 0) is 16.6 Å². The zero-order valence-electron chi connectivity index (χ0n) is 14.3. The predicted octanol–water partition coefficient (Wildman–Crippen LogP) is 3.84. The molecular weight excluding hydrogens is 350 g/mol. The molecule has 0 saturated carbocycles. The fraction of sp³-hybridized carbons (Fsp3) is 0.300. The van der Waals surface area contributed by atoms with Crippen LogP contribution in [-0.4, -0.2) is 22.9 Å². The van der Waals surface area contributed by atoms with Gasteiger partial charge in [0.2, 0.25) is 10.0 Å². The van der Waals surface area contributed by atoms with Crippen LogP contribution in [0.2, 0.25) is 0 Å². The lowest BCUT2D eigenvalue weighted by Crippen LogP contribution is -2.31. The second kappa shape index (κ2) is 6.45. The normalized spacial score (nSPS) is 20.6. The molecule has 1 atom stereocenters. The highest BCUT2D eigenvalue weighted by molar-refractivity contribution is 7.89. The third kappa shape index (κ3) is 2.89. The SMILES string of the molecule is O=S(=O)(c1cc(O)cc(O)c1)N1Cc2ccccc2C1C1=CCCCC1. The Hall–Kier alpha value is -2.31. The second-order valence-corrected chi connectivity index (χ2v) is 8.75. The predicted molar refractivity (Wildman–Crippen MR) is 98.2 cm³/mol. The average Bonchev–Trinajstić information content (AvgIpc) is 3.02. The molecule has 1 heterocycles. The summed E-state index contributed by atoms with van der Waals surface area (Å²) >= 11 is 0. The third-order valence-electron chi connectivity index (χ3n) is 5.12. The Morgan fingerprint density at radius 1 is 1.00 bits per heavy atom. The first kappa shape index (κ1) is 17.1. The minimum Gasteiger partial charge on any atom is -0.508 e. The van der Waals surface area contributed by atoms with Gasteiger partial charge in [-0.1, -0.05) is 35.9 Å². The topological polar surface area (TPSA) is 77.8 Å². The van der Waals surface area contributed by atoms with E-state index in [1.54, 1.807) is 0 Å². The van der Waals surface area contributed by atoms with Crippen molar-refractivity contribution in [2.45, 2.75) is 43.2 Å². The summed E-state index contributed by atoms with van der Waals surface area (Å²) in [5.74, 6) is -0.539. The van der Waals surface area contributed by atoms with Crippen LogP contribution >= 0.6 is 0 Å². The van der Waals surface area contributed by atoms with E-state index >= 15 is 0 Å². The molecule has 5 nitrogen and oxygen atoms in total. The van der Waals surface area contributed by atoms with E-state index in [9.17, 15) is 18.6 Å². The van der Waals surface area contributed by atoms with Gasteiger partial charge in [-0.3, -0.25) is 0 Å². The maximum atomic E-state index is 13.3. The van der Waals surface area contributed by atoms with Crippen molar-refractivity contribution in [3.63, 3.8) is 0 Å². The van der Waals surface area contributed by atoms with Crippen LogP contribution in [0, 0.1) is 0 Å². The van der Waals surface area contributed by atoms with Gasteiger partial charge in [-0.25, -0.2) is 8.42 Å². The molecular formula is C20H21NO4S. The summed E-state index contributed by atoms with van der Waals surface area (Å²) in [5.41, 5.74) is 3.15. The van der Waals surface area contributed by atoms with E-state index in [1.807, 2.05) is 24.3 Å². The maximum absolute atomic E-state index is 13.3. The largest absolute Gasteiger partial charge is 0.508 e. The number of nitrogens with zero attached hydrogens (tertiary/aromatic N) is 1. The van der Waals surface area contributed by atoms with Crippen LogP contribution in [0.1, 0.15) is 42.9 Å². The number of hydrogen-bond acceptors (Lipinski definition) is 4. The van der Waals surface area contributed by atoms with Gasteiger partial charge < -0.3 is 10.2 Å². The Morgan fingerprint density at radius 2 is 1.73 bits per heavy atom. The second-order valence-electron chi connectivity index (χ2n) is 6.86. The molecule has 2 aliphatic rings. The third-order valence-corrected chi connectivity index (χ3v) is 6.91. The van der Waals surface area contributed by atoms with Crippen molar-refractivity contribution < 1.29 is 18.6 Å². The van der Waals surface area contributed by atoms with E-state index in [2.05, 4.69) is 6.08 Å². The lowest BCUT2D eigenvalue weighted by molar-refractivity contribution is 0.371. The molecule has 1 aliphatic heterocycles. The van der Waals surface area contributed by atoms with E-state index in [-0.39, 0.29) is 29.0 Å². The van der Waals surface area contributed by atoms with Gasteiger partial charge in [0.1, 0.15) is 11.5 Å². The van der Waals surface area contributed by atoms with Crippen molar-refractivity contribution in [3.8, 4) is 11.5 Å². The van der Waals surface area contributed by atoms with Crippen molar-refractivity contribution in [2.24, 2.45) is 0 Å². The monoisotopic (exact) mass is 371 g/mol. The van der Waals surface area contributed by atoms with Gasteiger partial charge in [-0.15, -0.1) is 0 Å². The van der Waals surface area contributed by atoms with E-state index in [4.69, 9.17) is 0 Å². The standard InChI is InChI=1S/C20H21NO4S/c22-16-10-17(23)12-18(11-16)26(24,25)21-13-15-8-4-5-9-19(15)20(21)14-6-2-1-3-7-14/h4-6,8-12,20,22-23H,1-3,7,13H2. The number of aromatic hydroxyl groups is 2. The molecule has 0 bridgehead atoms. The highest BCUT2D eigenvalue weighted by Crippen LogP contribution is 2.45. The summed E-state index contributed by atoms with van der Waals surface area (Å²) in [5, 5.41) is 19.5. The fourth-order valence-electron chi connectivity index (χ4n) is 3.93. The first-order chi connectivity index (χ1) is 12.5. The summed E-state index contributed by atoms with van der Waals surface area (Å²) in [6.45, 7) is 0.289. The summed E-state index contributed by atoms with van der Waals surface area (Å²) < 4.78 is 28.2. The van der Waals surface area contributed by atoms with Crippen LogP contribution in [0.4, 0.5) is 0 Å². The Labute approximate surface area is 153 Å². The summed E-state index contributed by atoms with van der Waals surface area (Å²) in [4.78, 5) is -0.0933. The molecule has 1 unspecified atom stereocenters. The number of hydrogen-bond donors (Lipinski definition) is 2. The Morgan fingerprint density at radius 3 is 2.42 bits per heavy atom. The molecule has 0 aromatic heterocycles. The van der Waals surface area contributed by atoms with Crippen LogP contribution in [0.3, 0.4) is 0 Å².